The average Bonchev–Trinajstić information content (AvgIpc) is 1.03. The first-order chi connectivity index (χ1) is 45.6. The van der Waals surface area contributed by atoms with E-state index in [0.29, 0.717) is 11.8 Å². The monoisotopic (exact) mass is 1280 g/mol. The second-order valence-electron chi connectivity index (χ2n) is 28.5. The van der Waals surface area contributed by atoms with Crippen LogP contribution in [0.5, 0.6) is 0 Å². The maximum absolute atomic E-state index is 2.27. The SMILES string of the molecule is CCC(C)c1ccc(C)cc1.CCCCc1ccc(C)cc1.CCCc1ccc(C)cc1.Cc1cc(C)c(C)c(C)c1.Cc1ccc(C(C)(C)C)cc1.Cc1ccc(C(C)C)cc1.Cc1ccc(CC(C)C)cc1.Cc1ccc2ccccc2c1.Cc1cccc2ccccc12. The van der Waals surface area contributed by atoms with Gasteiger partial charge in [0.15, 0.2) is 0 Å². The summed E-state index contributed by atoms with van der Waals surface area (Å²) in [6.07, 6.45) is 8.69. The van der Waals surface area contributed by atoms with Crippen molar-refractivity contribution in [1.29, 1.82) is 0 Å². The van der Waals surface area contributed by atoms with Gasteiger partial charge in [-0.05, 0) is 216 Å². The summed E-state index contributed by atoms with van der Waals surface area (Å²) in [4.78, 5) is 0. The van der Waals surface area contributed by atoms with E-state index in [1.807, 2.05) is 0 Å². The number of rotatable bonds is 10. The van der Waals surface area contributed by atoms with Crippen molar-refractivity contribution in [3.63, 3.8) is 0 Å². The Hall–Kier alpha value is -8.06. The van der Waals surface area contributed by atoms with Crippen LogP contribution in [0.4, 0.5) is 0 Å². The van der Waals surface area contributed by atoms with Gasteiger partial charge in [-0.15, -0.1) is 0 Å². The summed E-state index contributed by atoms with van der Waals surface area (Å²) in [5, 5.41) is 5.33. The molecule has 0 spiro atoms. The average molecular weight is 1280 g/mol. The highest BCUT2D eigenvalue weighted by molar-refractivity contribution is 5.85. The van der Waals surface area contributed by atoms with Gasteiger partial charge in [0.25, 0.3) is 0 Å². The predicted octanol–water partition coefficient (Wildman–Crippen LogP) is 28.6. The van der Waals surface area contributed by atoms with E-state index in [2.05, 4.69) is 402 Å². The molecule has 96 heavy (non-hydrogen) atoms. The van der Waals surface area contributed by atoms with Crippen molar-refractivity contribution in [1.82, 2.24) is 0 Å². The first-order valence-electron chi connectivity index (χ1n) is 35.9. The van der Waals surface area contributed by atoms with Crippen molar-refractivity contribution in [3.8, 4) is 0 Å². The van der Waals surface area contributed by atoms with Gasteiger partial charge in [0.1, 0.15) is 0 Å². The van der Waals surface area contributed by atoms with E-state index in [-0.39, 0.29) is 5.41 Å². The van der Waals surface area contributed by atoms with Gasteiger partial charge in [-0.3, -0.25) is 0 Å². The molecule has 0 aliphatic carbocycles. The predicted molar refractivity (Wildman–Crippen MR) is 432 cm³/mol. The van der Waals surface area contributed by atoms with Gasteiger partial charge >= 0.3 is 0 Å². The fourth-order valence-corrected chi connectivity index (χ4v) is 10.5. The lowest BCUT2D eigenvalue weighted by Gasteiger charge is -2.18. The van der Waals surface area contributed by atoms with E-state index in [1.165, 1.54) is 167 Å². The van der Waals surface area contributed by atoms with Crippen LogP contribution >= 0.6 is 0 Å². The van der Waals surface area contributed by atoms with E-state index in [4.69, 9.17) is 0 Å². The van der Waals surface area contributed by atoms with E-state index < -0.39 is 0 Å². The third-order valence-electron chi connectivity index (χ3n) is 17.3. The van der Waals surface area contributed by atoms with Crippen LogP contribution in [0.3, 0.4) is 0 Å². The van der Waals surface area contributed by atoms with Crippen LogP contribution in [0, 0.1) is 89.0 Å². The number of aryl methyl sites for hydroxylation is 13. The standard InChI is InChI=1S/2C11H10.4C11H16.3C10H14/c1-9-5-4-7-10-6-2-3-8-11(9)10;1-9-6-7-10-4-2-3-5-11(10)8-9;1-9-5-7-10(8-6-9)11(2,3)4;1-9(2)8-11-6-4-10(3)5-7-11;1-4-10(3)11-7-5-9(2)6-8-11;1-3-4-5-11-8-6-10(2)7-9-11;1-7-5-8(2)10(4)9(3)6-7;1-8(2)10-6-4-9(3)5-7-10;1-3-4-10-7-5-9(2)6-8-10/h2*2-8H,1H3;5-8H,1-4H3;4-7,9H,8H2,1-3H3;5-8,10H,4H2,1-3H3;6-9H,3-5H2,1-2H3;5-6H,1-4H3;4-8H,1-3H3;5-8H,3-4H2,1-2H3. The lowest BCUT2D eigenvalue weighted by molar-refractivity contribution is 0.590. The summed E-state index contributed by atoms with van der Waals surface area (Å²) in [5.41, 5.74) is 25.3. The largest absolute Gasteiger partial charge is 0.0654 e. The first kappa shape index (κ1) is 82.2. The van der Waals surface area contributed by atoms with Crippen LogP contribution < -0.4 is 0 Å². The summed E-state index contributed by atoms with van der Waals surface area (Å²) in [6, 6.07) is 86.8. The zero-order valence-electron chi connectivity index (χ0n) is 64.3. The zero-order valence-corrected chi connectivity index (χ0v) is 64.3. The summed E-state index contributed by atoms with van der Waals surface area (Å²) in [5.74, 6) is 2.12. The molecule has 0 amide bonds. The number of hydrogen-bond donors (Lipinski definition) is 0. The van der Waals surface area contributed by atoms with Gasteiger partial charge in [-0.25, -0.2) is 0 Å². The Labute approximate surface area is 588 Å². The molecule has 0 radical (unpaired) electrons. The van der Waals surface area contributed by atoms with Crippen LogP contribution in [0.2, 0.25) is 0 Å². The Bertz CT molecular complexity index is 3790. The Morgan fingerprint density at radius 3 is 1.14 bits per heavy atom. The molecule has 0 saturated carbocycles. The van der Waals surface area contributed by atoms with Crippen LogP contribution in [-0.2, 0) is 24.7 Å². The number of benzene rings is 11. The minimum absolute atomic E-state index is 0.285. The summed E-state index contributed by atoms with van der Waals surface area (Å²) < 4.78 is 0. The minimum Gasteiger partial charge on any atom is -0.0654 e. The quantitative estimate of drug-likeness (QED) is 0.128. The van der Waals surface area contributed by atoms with Gasteiger partial charge in [0.05, 0.1) is 0 Å². The molecule has 0 bridgehead atoms. The zero-order chi connectivity index (χ0) is 71.2. The molecule has 0 heteroatoms. The van der Waals surface area contributed by atoms with E-state index in [9.17, 15) is 0 Å². The molecule has 0 aromatic heterocycles. The Morgan fingerprint density at radius 1 is 0.312 bits per heavy atom. The number of unbranched alkanes of at least 4 members (excludes halogenated alkanes) is 1. The van der Waals surface area contributed by atoms with Crippen molar-refractivity contribution < 1.29 is 0 Å². The second-order valence-corrected chi connectivity index (χ2v) is 28.5. The molecule has 0 aliphatic rings. The lowest BCUT2D eigenvalue weighted by atomic mass is 9.87. The van der Waals surface area contributed by atoms with Crippen molar-refractivity contribution in [3.05, 3.63) is 343 Å². The maximum Gasteiger partial charge on any atom is -0.0132 e. The minimum atomic E-state index is 0.285. The first-order valence-corrected chi connectivity index (χ1v) is 35.9. The molecular weight excluding hydrogens is 1150 g/mol. The summed E-state index contributed by atoms with van der Waals surface area (Å²) in [6.45, 7) is 50.2. The van der Waals surface area contributed by atoms with Gasteiger partial charge in [0.2, 0.25) is 0 Å². The molecular formula is C96H126. The van der Waals surface area contributed by atoms with Crippen LogP contribution in [-0.4, -0.2) is 0 Å². The molecule has 11 rings (SSSR count). The van der Waals surface area contributed by atoms with Crippen molar-refractivity contribution in [2.45, 2.75) is 221 Å². The second kappa shape index (κ2) is 44.6. The van der Waals surface area contributed by atoms with Crippen LogP contribution in [0.15, 0.2) is 243 Å². The molecule has 0 fully saturated rings. The third-order valence-corrected chi connectivity index (χ3v) is 17.3. The van der Waals surface area contributed by atoms with Crippen molar-refractivity contribution in [2.24, 2.45) is 5.92 Å². The molecule has 0 nitrogen and oxygen atoms in total. The van der Waals surface area contributed by atoms with Crippen molar-refractivity contribution in [2.75, 3.05) is 0 Å². The third kappa shape index (κ3) is 33.6. The van der Waals surface area contributed by atoms with Gasteiger partial charge in [-0.1, -0.05) is 376 Å². The Balaban J connectivity index is 0.000000281. The number of fused-ring (bicyclic) bond motifs is 2. The topological polar surface area (TPSA) is 0 Å². The summed E-state index contributed by atoms with van der Waals surface area (Å²) in [7, 11) is 0. The maximum atomic E-state index is 2.27. The summed E-state index contributed by atoms with van der Waals surface area (Å²) >= 11 is 0. The van der Waals surface area contributed by atoms with Gasteiger partial charge in [0, 0.05) is 0 Å². The molecule has 0 heterocycles. The van der Waals surface area contributed by atoms with Crippen LogP contribution in [0.1, 0.15) is 214 Å². The fraction of sp³-hybridized carbons (Fsp3) is 0.354. The molecule has 0 saturated heterocycles. The Morgan fingerprint density at radius 2 is 0.708 bits per heavy atom. The molecule has 0 N–H and O–H groups in total. The van der Waals surface area contributed by atoms with Crippen LogP contribution in [0.25, 0.3) is 21.5 Å². The highest BCUT2D eigenvalue weighted by Gasteiger charge is 2.12. The Kier molecular flexibility index (Phi) is 38.2. The highest BCUT2D eigenvalue weighted by Crippen LogP contribution is 2.23. The highest BCUT2D eigenvalue weighted by atomic mass is 14.2. The number of hydrogen-bond acceptors (Lipinski definition) is 0. The normalized spacial score (nSPS) is 10.7. The smallest absolute Gasteiger partial charge is 0.0132 e. The fourth-order valence-electron chi connectivity index (χ4n) is 10.5. The molecule has 1 atom stereocenters. The molecule has 11 aromatic rings. The molecule has 1 unspecified atom stereocenters. The van der Waals surface area contributed by atoms with E-state index in [0.717, 1.165) is 5.92 Å². The lowest BCUT2D eigenvalue weighted by Crippen LogP contribution is -2.10. The molecule has 11 aromatic carbocycles. The van der Waals surface area contributed by atoms with Gasteiger partial charge < -0.3 is 0 Å². The van der Waals surface area contributed by atoms with E-state index >= 15 is 0 Å². The van der Waals surface area contributed by atoms with Gasteiger partial charge in [-0.2, -0.15) is 0 Å². The molecule has 510 valence electrons. The van der Waals surface area contributed by atoms with Crippen molar-refractivity contribution >= 4 is 21.5 Å². The molecule has 0 aliphatic heterocycles. The van der Waals surface area contributed by atoms with E-state index in [1.54, 1.807) is 0 Å².